The Bertz CT molecular complexity index is 1220. The molecule has 5 nitrogen and oxygen atoms in total. The summed E-state index contributed by atoms with van der Waals surface area (Å²) in [6.07, 6.45) is 1.41. The van der Waals surface area contributed by atoms with Crippen LogP contribution in [0.4, 0.5) is 4.39 Å². The summed E-state index contributed by atoms with van der Waals surface area (Å²) < 4.78 is 14.9. The fourth-order valence-electron chi connectivity index (χ4n) is 3.02. The summed E-state index contributed by atoms with van der Waals surface area (Å²) in [5.74, 6) is -0.545. The summed E-state index contributed by atoms with van der Waals surface area (Å²) in [7, 11) is 1.65. The molecular weight excluding hydrogens is 389 g/mol. The number of amides is 1. The van der Waals surface area contributed by atoms with Gasteiger partial charge in [-0.1, -0.05) is 42.5 Å². The molecule has 0 aliphatic carbocycles. The Kier molecular flexibility index (Phi) is 5.22. The van der Waals surface area contributed by atoms with Gasteiger partial charge in [0.05, 0.1) is 11.8 Å². The number of rotatable bonds is 5. The number of benzene rings is 2. The standard InChI is InChI=1S/C22H18FN3O2S/c1-25(12-15-7-9-17(23)10-8-15)20(27)13-26-14-24-18-11-19(29-21(18)22(26)28)16-5-3-2-4-6-16/h2-11,14H,12-13H2,1H3. The van der Waals surface area contributed by atoms with Crippen LogP contribution < -0.4 is 5.56 Å². The van der Waals surface area contributed by atoms with E-state index in [-0.39, 0.29) is 23.8 Å². The fourth-order valence-corrected chi connectivity index (χ4v) is 4.09. The van der Waals surface area contributed by atoms with Crippen molar-refractivity contribution in [3.8, 4) is 10.4 Å². The number of carbonyl (C=O) groups excluding carboxylic acids is 1. The third kappa shape index (κ3) is 4.09. The number of hydrogen-bond acceptors (Lipinski definition) is 4. The third-order valence-corrected chi connectivity index (χ3v) is 5.79. The lowest BCUT2D eigenvalue weighted by atomic mass is 10.2. The number of likely N-dealkylation sites (N-methyl/N-ethyl adjacent to an activating group) is 1. The summed E-state index contributed by atoms with van der Waals surface area (Å²) in [5, 5.41) is 0. The zero-order valence-electron chi connectivity index (χ0n) is 15.7. The first-order valence-corrected chi connectivity index (χ1v) is 9.86. The summed E-state index contributed by atoms with van der Waals surface area (Å²) in [6.45, 7) is 0.235. The van der Waals surface area contributed by atoms with Crippen molar-refractivity contribution in [1.82, 2.24) is 14.5 Å². The molecule has 0 saturated heterocycles. The molecule has 0 N–H and O–H groups in total. The molecule has 0 aliphatic rings. The first-order valence-electron chi connectivity index (χ1n) is 9.04. The number of carbonyl (C=O) groups is 1. The largest absolute Gasteiger partial charge is 0.340 e. The molecule has 7 heteroatoms. The second-order valence-electron chi connectivity index (χ2n) is 6.74. The van der Waals surface area contributed by atoms with E-state index in [1.807, 2.05) is 36.4 Å². The molecule has 146 valence electrons. The molecule has 29 heavy (non-hydrogen) atoms. The lowest BCUT2D eigenvalue weighted by Crippen LogP contribution is -2.33. The summed E-state index contributed by atoms with van der Waals surface area (Å²) in [4.78, 5) is 32.2. The summed E-state index contributed by atoms with van der Waals surface area (Å²) in [6, 6.07) is 17.7. The first kappa shape index (κ1) is 19.0. The lowest BCUT2D eigenvalue weighted by Gasteiger charge is -2.17. The van der Waals surface area contributed by atoms with Crippen molar-refractivity contribution in [3.05, 3.63) is 88.7 Å². The Labute approximate surface area is 170 Å². The highest BCUT2D eigenvalue weighted by atomic mass is 32.1. The van der Waals surface area contributed by atoms with Crippen molar-refractivity contribution in [2.45, 2.75) is 13.1 Å². The van der Waals surface area contributed by atoms with E-state index in [4.69, 9.17) is 0 Å². The molecule has 0 atom stereocenters. The molecular formula is C22H18FN3O2S. The van der Waals surface area contributed by atoms with Gasteiger partial charge in [-0.15, -0.1) is 11.3 Å². The molecule has 0 aliphatic heterocycles. The second kappa shape index (κ2) is 7.97. The van der Waals surface area contributed by atoms with E-state index in [9.17, 15) is 14.0 Å². The van der Waals surface area contributed by atoms with Crippen LogP contribution in [0.2, 0.25) is 0 Å². The Balaban J connectivity index is 1.54. The maximum Gasteiger partial charge on any atom is 0.271 e. The van der Waals surface area contributed by atoms with E-state index in [0.717, 1.165) is 16.0 Å². The molecule has 4 aromatic rings. The fraction of sp³-hybridized carbons (Fsp3) is 0.136. The average Bonchev–Trinajstić information content (AvgIpc) is 3.17. The van der Waals surface area contributed by atoms with E-state index >= 15 is 0 Å². The van der Waals surface area contributed by atoms with Gasteiger partial charge in [0.15, 0.2) is 0 Å². The van der Waals surface area contributed by atoms with Crippen LogP contribution in [-0.2, 0) is 17.9 Å². The number of thiophene rings is 1. The molecule has 0 saturated carbocycles. The van der Waals surface area contributed by atoms with Gasteiger partial charge in [0, 0.05) is 18.5 Å². The van der Waals surface area contributed by atoms with Crippen LogP contribution in [0.5, 0.6) is 0 Å². The van der Waals surface area contributed by atoms with Crippen molar-refractivity contribution in [2.24, 2.45) is 0 Å². The number of aromatic nitrogens is 2. The summed E-state index contributed by atoms with van der Waals surface area (Å²) >= 11 is 1.37. The van der Waals surface area contributed by atoms with Crippen LogP contribution in [0.15, 0.2) is 71.8 Å². The maximum absolute atomic E-state index is 13.0. The molecule has 1 amide bonds. The molecule has 0 fully saturated rings. The normalized spacial score (nSPS) is 11.0. The highest BCUT2D eigenvalue weighted by molar-refractivity contribution is 7.22. The number of nitrogens with zero attached hydrogens (tertiary/aromatic N) is 3. The van der Waals surface area contributed by atoms with Crippen LogP contribution in [-0.4, -0.2) is 27.4 Å². The quantitative estimate of drug-likeness (QED) is 0.504. The highest BCUT2D eigenvalue weighted by Gasteiger charge is 2.15. The maximum atomic E-state index is 13.0. The summed E-state index contributed by atoms with van der Waals surface area (Å²) in [5.41, 5.74) is 2.23. The Morgan fingerprint density at radius 3 is 2.59 bits per heavy atom. The van der Waals surface area contributed by atoms with Gasteiger partial charge in [-0.05, 0) is 29.3 Å². The van der Waals surface area contributed by atoms with Gasteiger partial charge >= 0.3 is 0 Å². The van der Waals surface area contributed by atoms with Crippen molar-refractivity contribution < 1.29 is 9.18 Å². The number of halogens is 1. The van der Waals surface area contributed by atoms with Crippen LogP contribution in [0, 0.1) is 5.82 Å². The van der Waals surface area contributed by atoms with E-state index in [1.165, 1.54) is 39.3 Å². The predicted octanol–water partition coefficient (Wildman–Crippen LogP) is 3.92. The van der Waals surface area contributed by atoms with E-state index in [0.29, 0.717) is 16.8 Å². The van der Waals surface area contributed by atoms with Gasteiger partial charge in [-0.25, -0.2) is 9.37 Å². The molecule has 2 aromatic carbocycles. The molecule has 4 rings (SSSR count). The van der Waals surface area contributed by atoms with Gasteiger partial charge in [-0.2, -0.15) is 0 Å². The smallest absolute Gasteiger partial charge is 0.271 e. The monoisotopic (exact) mass is 407 g/mol. The van der Waals surface area contributed by atoms with Crippen LogP contribution in [0.1, 0.15) is 5.56 Å². The van der Waals surface area contributed by atoms with Crippen LogP contribution in [0.25, 0.3) is 20.7 Å². The van der Waals surface area contributed by atoms with Crippen molar-refractivity contribution in [1.29, 1.82) is 0 Å². The highest BCUT2D eigenvalue weighted by Crippen LogP contribution is 2.30. The predicted molar refractivity (Wildman–Crippen MR) is 112 cm³/mol. The van der Waals surface area contributed by atoms with Gasteiger partial charge in [0.1, 0.15) is 17.1 Å². The van der Waals surface area contributed by atoms with Crippen LogP contribution >= 0.6 is 11.3 Å². The molecule has 0 bridgehead atoms. The molecule has 2 heterocycles. The van der Waals surface area contributed by atoms with Gasteiger partial charge in [-0.3, -0.25) is 14.2 Å². The van der Waals surface area contributed by atoms with Crippen molar-refractivity contribution in [2.75, 3.05) is 7.05 Å². The van der Waals surface area contributed by atoms with Crippen LogP contribution in [0.3, 0.4) is 0 Å². The SMILES string of the molecule is CN(Cc1ccc(F)cc1)C(=O)Cn1cnc2cc(-c3ccccc3)sc2c1=O. The van der Waals surface area contributed by atoms with Crippen molar-refractivity contribution in [3.63, 3.8) is 0 Å². The topological polar surface area (TPSA) is 55.2 Å². The number of hydrogen-bond donors (Lipinski definition) is 0. The Morgan fingerprint density at radius 1 is 1.14 bits per heavy atom. The molecule has 0 unspecified atom stereocenters. The lowest BCUT2D eigenvalue weighted by molar-refractivity contribution is -0.131. The average molecular weight is 407 g/mol. The third-order valence-electron chi connectivity index (χ3n) is 4.63. The van der Waals surface area contributed by atoms with E-state index in [2.05, 4.69) is 4.98 Å². The first-order chi connectivity index (χ1) is 14.0. The minimum atomic E-state index is -0.320. The van der Waals surface area contributed by atoms with Crippen molar-refractivity contribution >= 4 is 27.5 Å². The number of fused-ring (bicyclic) bond motifs is 1. The molecule has 2 aromatic heterocycles. The Hall–Kier alpha value is -3.32. The zero-order chi connectivity index (χ0) is 20.4. The minimum Gasteiger partial charge on any atom is -0.340 e. The van der Waals surface area contributed by atoms with Gasteiger partial charge in [0.2, 0.25) is 5.91 Å². The van der Waals surface area contributed by atoms with E-state index < -0.39 is 0 Å². The molecule has 0 radical (unpaired) electrons. The second-order valence-corrected chi connectivity index (χ2v) is 7.80. The molecule has 0 spiro atoms. The van der Waals surface area contributed by atoms with Gasteiger partial charge in [0.25, 0.3) is 5.56 Å². The Morgan fingerprint density at radius 2 is 1.86 bits per heavy atom. The minimum absolute atomic E-state index is 0.0992. The van der Waals surface area contributed by atoms with E-state index in [1.54, 1.807) is 19.2 Å². The zero-order valence-corrected chi connectivity index (χ0v) is 16.5. The van der Waals surface area contributed by atoms with Gasteiger partial charge < -0.3 is 4.90 Å².